The SMILES string of the molecule is C=C(CCNC)CC1CCCS1(=O)=O. The molecule has 1 unspecified atom stereocenters. The Labute approximate surface area is 86.5 Å². The molecule has 1 fully saturated rings. The minimum absolute atomic E-state index is 0.146. The van der Waals surface area contributed by atoms with Crippen LogP contribution in [0, 0.1) is 0 Å². The highest BCUT2D eigenvalue weighted by Gasteiger charge is 2.31. The fraction of sp³-hybridized carbons (Fsp3) is 0.800. The monoisotopic (exact) mass is 217 g/mol. The molecule has 0 bridgehead atoms. The average Bonchev–Trinajstić information content (AvgIpc) is 2.43. The minimum Gasteiger partial charge on any atom is -0.319 e. The lowest BCUT2D eigenvalue weighted by Crippen LogP contribution is -2.17. The van der Waals surface area contributed by atoms with Crippen LogP contribution >= 0.6 is 0 Å². The molecule has 0 aliphatic carbocycles. The van der Waals surface area contributed by atoms with Crippen LogP contribution in [0.3, 0.4) is 0 Å². The van der Waals surface area contributed by atoms with Crippen LogP contribution in [0.25, 0.3) is 0 Å². The third kappa shape index (κ3) is 3.10. The third-order valence-corrected chi connectivity index (χ3v) is 4.98. The molecule has 14 heavy (non-hydrogen) atoms. The summed E-state index contributed by atoms with van der Waals surface area (Å²) in [6.45, 7) is 4.80. The first-order chi connectivity index (χ1) is 6.56. The van der Waals surface area contributed by atoms with Gasteiger partial charge in [0.25, 0.3) is 0 Å². The van der Waals surface area contributed by atoms with Crippen molar-refractivity contribution < 1.29 is 8.42 Å². The van der Waals surface area contributed by atoms with Crippen molar-refractivity contribution in [3.05, 3.63) is 12.2 Å². The van der Waals surface area contributed by atoms with E-state index in [0.717, 1.165) is 31.4 Å². The van der Waals surface area contributed by atoms with Crippen molar-refractivity contribution in [2.24, 2.45) is 0 Å². The van der Waals surface area contributed by atoms with Gasteiger partial charge in [0.1, 0.15) is 0 Å². The van der Waals surface area contributed by atoms with Crippen molar-refractivity contribution in [2.45, 2.75) is 30.9 Å². The van der Waals surface area contributed by atoms with Crippen LogP contribution in [0.2, 0.25) is 0 Å². The first-order valence-electron chi connectivity index (χ1n) is 5.09. The molecule has 1 rings (SSSR count). The summed E-state index contributed by atoms with van der Waals surface area (Å²) in [7, 11) is -0.900. The maximum absolute atomic E-state index is 11.5. The van der Waals surface area contributed by atoms with E-state index >= 15 is 0 Å². The summed E-state index contributed by atoms with van der Waals surface area (Å²) in [5.41, 5.74) is 1.05. The predicted molar refractivity (Wildman–Crippen MR) is 59.1 cm³/mol. The van der Waals surface area contributed by atoms with Gasteiger partial charge in [-0.2, -0.15) is 0 Å². The van der Waals surface area contributed by atoms with Crippen molar-refractivity contribution in [3.63, 3.8) is 0 Å². The summed E-state index contributed by atoms with van der Waals surface area (Å²) in [5, 5.41) is 2.89. The van der Waals surface area contributed by atoms with Gasteiger partial charge in [-0.3, -0.25) is 0 Å². The largest absolute Gasteiger partial charge is 0.319 e. The van der Waals surface area contributed by atoms with Gasteiger partial charge in [-0.05, 0) is 39.3 Å². The van der Waals surface area contributed by atoms with E-state index in [1.54, 1.807) is 0 Å². The highest BCUT2D eigenvalue weighted by Crippen LogP contribution is 2.25. The minimum atomic E-state index is -2.79. The Bertz CT molecular complexity index is 295. The fourth-order valence-electron chi connectivity index (χ4n) is 1.81. The number of hydrogen-bond donors (Lipinski definition) is 1. The quantitative estimate of drug-likeness (QED) is 0.702. The van der Waals surface area contributed by atoms with Crippen LogP contribution in [0.15, 0.2) is 12.2 Å². The van der Waals surface area contributed by atoms with Crippen molar-refractivity contribution in [1.29, 1.82) is 0 Å². The number of sulfone groups is 1. The van der Waals surface area contributed by atoms with Gasteiger partial charge in [0.15, 0.2) is 9.84 Å². The topological polar surface area (TPSA) is 46.2 Å². The van der Waals surface area contributed by atoms with E-state index < -0.39 is 9.84 Å². The molecule has 3 nitrogen and oxygen atoms in total. The molecule has 82 valence electrons. The second-order valence-electron chi connectivity index (χ2n) is 3.94. The maximum atomic E-state index is 11.5. The Morgan fingerprint density at radius 2 is 2.29 bits per heavy atom. The zero-order valence-electron chi connectivity index (χ0n) is 8.75. The zero-order chi connectivity index (χ0) is 10.6. The van der Waals surface area contributed by atoms with Gasteiger partial charge >= 0.3 is 0 Å². The molecule has 0 saturated carbocycles. The van der Waals surface area contributed by atoms with Crippen molar-refractivity contribution >= 4 is 9.84 Å². The second-order valence-corrected chi connectivity index (χ2v) is 6.34. The molecule has 0 radical (unpaired) electrons. The third-order valence-electron chi connectivity index (χ3n) is 2.71. The Kier molecular flexibility index (Phi) is 4.13. The molecule has 4 heteroatoms. The highest BCUT2D eigenvalue weighted by molar-refractivity contribution is 7.92. The lowest BCUT2D eigenvalue weighted by Gasteiger charge is -2.11. The Morgan fingerprint density at radius 3 is 2.79 bits per heavy atom. The highest BCUT2D eigenvalue weighted by atomic mass is 32.2. The summed E-state index contributed by atoms with van der Waals surface area (Å²) in [6.07, 6.45) is 3.18. The molecule has 0 aromatic heterocycles. The second kappa shape index (κ2) is 4.94. The molecular weight excluding hydrogens is 198 g/mol. The lowest BCUT2D eigenvalue weighted by molar-refractivity contribution is 0.586. The number of rotatable bonds is 5. The Morgan fingerprint density at radius 1 is 1.57 bits per heavy atom. The molecule has 1 heterocycles. The molecular formula is C10H19NO2S. The van der Waals surface area contributed by atoms with Gasteiger partial charge < -0.3 is 5.32 Å². The van der Waals surface area contributed by atoms with Crippen LogP contribution in [0.4, 0.5) is 0 Å². The standard InChI is InChI=1S/C10H19NO2S/c1-9(5-6-11-2)8-10-4-3-7-14(10,12)13/h10-11H,1,3-8H2,2H3. The summed E-state index contributed by atoms with van der Waals surface area (Å²) >= 11 is 0. The molecule has 1 atom stereocenters. The summed E-state index contributed by atoms with van der Waals surface area (Å²) in [6, 6.07) is 0. The number of hydrogen-bond acceptors (Lipinski definition) is 3. The lowest BCUT2D eigenvalue weighted by atomic mass is 10.1. The summed E-state index contributed by atoms with van der Waals surface area (Å²) in [4.78, 5) is 0. The van der Waals surface area contributed by atoms with Crippen molar-refractivity contribution in [1.82, 2.24) is 5.32 Å². The van der Waals surface area contributed by atoms with Crippen molar-refractivity contribution in [3.8, 4) is 0 Å². The van der Waals surface area contributed by atoms with Gasteiger partial charge in [-0.15, -0.1) is 0 Å². The molecule has 0 aromatic carbocycles. The van der Waals surface area contributed by atoms with Crippen molar-refractivity contribution in [2.75, 3.05) is 19.3 Å². The van der Waals surface area contributed by atoms with E-state index in [-0.39, 0.29) is 5.25 Å². The first-order valence-corrected chi connectivity index (χ1v) is 6.80. The molecule has 0 spiro atoms. The Hall–Kier alpha value is -0.350. The van der Waals surface area contributed by atoms with E-state index in [0.29, 0.717) is 12.2 Å². The van der Waals surface area contributed by atoms with E-state index in [2.05, 4.69) is 11.9 Å². The molecule has 1 aliphatic heterocycles. The normalized spacial score (nSPS) is 25.1. The van der Waals surface area contributed by atoms with E-state index in [9.17, 15) is 8.42 Å². The van der Waals surface area contributed by atoms with Gasteiger partial charge in [0.2, 0.25) is 0 Å². The zero-order valence-corrected chi connectivity index (χ0v) is 9.57. The molecule has 1 saturated heterocycles. The number of nitrogens with one attached hydrogen (secondary N) is 1. The van der Waals surface area contributed by atoms with E-state index in [1.165, 1.54) is 0 Å². The molecule has 0 amide bonds. The van der Waals surface area contributed by atoms with E-state index in [1.807, 2.05) is 7.05 Å². The first kappa shape index (κ1) is 11.7. The van der Waals surface area contributed by atoms with Crippen LogP contribution < -0.4 is 5.32 Å². The summed E-state index contributed by atoms with van der Waals surface area (Å²) < 4.78 is 23.0. The van der Waals surface area contributed by atoms with Crippen LogP contribution in [-0.4, -0.2) is 33.0 Å². The summed E-state index contributed by atoms with van der Waals surface area (Å²) in [5.74, 6) is 0.372. The average molecular weight is 217 g/mol. The van der Waals surface area contributed by atoms with Gasteiger partial charge in [0, 0.05) is 0 Å². The van der Waals surface area contributed by atoms with Crippen LogP contribution in [0.5, 0.6) is 0 Å². The predicted octanol–water partition coefficient (Wildman–Crippen LogP) is 1.12. The van der Waals surface area contributed by atoms with Gasteiger partial charge in [-0.25, -0.2) is 8.42 Å². The maximum Gasteiger partial charge on any atom is 0.153 e. The van der Waals surface area contributed by atoms with E-state index in [4.69, 9.17) is 0 Å². The molecule has 0 aromatic rings. The fourth-order valence-corrected chi connectivity index (χ4v) is 3.73. The van der Waals surface area contributed by atoms with Crippen LogP contribution in [-0.2, 0) is 9.84 Å². The molecule has 1 N–H and O–H groups in total. The van der Waals surface area contributed by atoms with Crippen LogP contribution in [0.1, 0.15) is 25.7 Å². The van der Waals surface area contributed by atoms with Gasteiger partial charge in [0.05, 0.1) is 11.0 Å². The molecule has 1 aliphatic rings. The smallest absolute Gasteiger partial charge is 0.153 e. The van der Waals surface area contributed by atoms with Gasteiger partial charge in [-0.1, -0.05) is 12.2 Å². The Balaban J connectivity index is 2.41.